The molecule has 0 aliphatic heterocycles. The molecule has 0 bridgehead atoms. The molecule has 0 aromatic heterocycles. The van der Waals surface area contributed by atoms with Crippen LogP contribution in [0.5, 0.6) is 11.5 Å². The molecule has 146 valence electrons. The van der Waals surface area contributed by atoms with Gasteiger partial charge in [0.25, 0.3) is 0 Å². The third-order valence-corrected chi connectivity index (χ3v) is 4.68. The predicted molar refractivity (Wildman–Crippen MR) is 106 cm³/mol. The van der Waals surface area contributed by atoms with Gasteiger partial charge in [0.15, 0.2) is 0 Å². The zero-order chi connectivity index (χ0) is 19.9. The van der Waals surface area contributed by atoms with E-state index in [0.717, 1.165) is 10.6 Å². The van der Waals surface area contributed by atoms with Gasteiger partial charge in [0, 0.05) is 11.8 Å². The fraction of sp³-hybridized carbons (Fsp3) is 0.316. The maximum absolute atomic E-state index is 12.5. The Morgan fingerprint density at radius 3 is 2.41 bits per heavy atom. The van der Waals surface area contributed by atoms with Crippen molar-refractivity contribution in [1.29, 1.82) is 0 Å². The van der Waals surface area contributed by atoms with Gasteiger partial charge < -0.3 is 14.8 Å². The van der Waals surface area contributed by atoms with Gasteiger partial charge in [-0.3, -0.25) is 9.10 Å². The Morgan fingerprint density at radius 1 is 1.04 bits per heavy atom. The molecule has 2 aromatic carbocycles. The molecule has 0 unspecified atom stereocenters. The van der Waals surface area contributed by atoms with Crippen LogP contribution >= 0.6 is 0 Å². The Hall–Kier alpha value is -2.74. The molecule has 0 heterocycles. The lowest BCUT2D eigenvalue weighted by molar-refractivity contribution is -0.114. The fourth-order valence-electron chi connectivity index (χ4n) is 2.48. The summed E-state index contributed by atoms with van der Waals surface area (Å²) in [4.78, 5) is 12.5. The first-order chi connectivity index (χ1) is 12.8. The minimum absolute atomic E-state index is 0.320. The Balaban J connectivity index is 2.22. The molecule has 0 saturated carbocycles. The fourth-order valence-corrected chi connectivity index (χ4v) is 3.34. The number of nitrogens with one attached hydrogen (secondary N) is 1. The van der Waals surface area contributed by atoms with Crippen LogP contribution in [0.4, 0.5) is 11.4 Å². The maximum Gasteiger partial charge on any atom is 0.245 e. The average molecular weight is 392 g/mol. The average Bonchev–Trinajstić information content (AvgIpc) is 2.60. The second-order valence-electron chi connectivity index (χ2n) is 5.68. The van der Waals surface area contributed by atoms with Crippen molar-refractivity contribution in [2.45, 2.75) is 13.8 Å². The van der Waals surface area contributed by atoms with E-state index in [2.05, 4.69) is 5.32 Å². The Kier molecular flexibility index (Phi) is 7.06. The van der Waals surface area contributed by atoms with Gasteiger partial charge >= 0.3 is 0 Å². The molecule has 2 aromatic rings. The highest BCUT2D eigenvalue weighted by Gasteiger charge is 2.24. The lowest BCUT2D eigenvalue weighted by atomic mass is 10.3. The van der Waals surface area contributed by atoms with Crippen LogP contribution < -0.4 is 19.1 Å². The minimum Gasteiger partial charge on any atom is -0.494 e. The summed E-state index contributed by atoms with van der Waals surface area (Å²) in [6.45, 7) is 4.19. The standard InChI is InChI=1S/C19H24N2O5S/c1-4-25-16-10-8-9-15(13-16)20-19(22)14-21(27(3,23)24)17-11-6-7-12-18(17)26-5-2/h6-13H,4-5,14H2,1-3H3,(H,20,22). The van der Waals surface area contributed by atoms with E-state index < -0.39 is 15.9 Å². The number of nitrogens with zero attached hydrogens (tertiary/aromatic N) is 1. The van der Waals surface area contributed by atoms with E-state index in [-0.39, 0.29) is 6.54 Å². The summed E-state index contributed by atoms with van der Waals surface area (Å²) in [6.07, 6.45) is 1.05. The van der Waals surface area contributed by atoms with Gasteiger partial charge in [-0.25, -0.2) is 8.42 Å². The first kappa shape index (κ1) is 20.6. The lowest BCUT2D eigenvalue weighted by Crippen LogP contribution is -2.37. The Morgan fingerprint density at radius 2 is 1.74 bits per heavy atom. The molecular formula is C19H24N2O5S. The predicted octanol–water partition coefficient (Wildman–Crippen LogP) is 2.89. The molecule has 1 amide bonds. The highest BCUT2D eigenvalue weighted by molar-refractivity contribution is 7.92. The molecule has 2 rings (SSSR count). The maximum atomic E-state index is 12.5. The Bertz CT molecular complexity index is 883. The molecule has 0 saturated heterocycles. The minimum atomic E-state index is -3.70. The normalized spacial score (nSPS) is 10.9. The Labute approximate surface area is 160 Å². The number of para-hydroxylation sites is 2. The van der Waals surface area contributed by atoms with Crippen molar-refractivity contribution in [3.05, 3.63) is 48.5 Å². The van der Waals surface area contributed by atoms with Crippen LogP contribution in [-0.2, 0) is 14.8 Å². The highest BCUT2D eigenvalue weighted by Crippen LogP contribution is 2.29. The van der Waals surface area contributed by atoms with Gasteiger partial charge in [-0.05, 0) is 38.1 Å². The van der Waals surface area contributed by atoms with Crippen LogP contribution in [0.1, 0.15) is 13.8 Å². The molecule has 7 nitrogen and oxygen atoms in total. The zero-order valence-electron chi connectivity index (χ0n) is 15.6. The van der Waals surface area contributed by atoms with Gasteiger partial charge in [0.1, 0.15) is 18.0 Å². The number of sulfonamides is 1. The second kappa shape index (κ2) is 9.27. The molecule has 27 heavy (non-hydrogen) atoms. The van der Waals surface area contributed by atoms with Crippen LogP contribution in [0, 0.1) is 0 Å². The largest absolute Gasteiger partial charge is 0.494 e. The third kappa shape index (κ3) is 5.89. The topological polar surface area (TPSA) is 84.9 Å². The summed E-state index contributed by atoms with van der Waals surface area (Å²) in [6, 6.07) is 13.6. The molecule has 1 N–H and O–H groups in total. The van der Waals surface area contributed by atoms with E-state index in [1.807, 2.05) is 6.92 Å². The SMILES string of the molecule is CCOc1cccc(NC(=O)CN(c2ccccc2OCC)S(C)(=O)=O)c1. The van der Waals surface area contributed by atoms with Gasteiger partial charge in [0.05, 0.1) is 25.2 Å². The van der Waals surface area contributed by atoms with Crippen LogP contribution in [0.15, 0.2) is 48.5 Å². The number of rotatable bonds is 9. The summed E-state index contributed by atoms with van der Waals surface area (Å²) >= 11 is 0. The number of carbonyl (C=O) groups excluding carboxylic acids is 1. The zero-order valence-corrected chi connectivity index (χ0v) is 16.5. The number of benzene rings is 2. The van der Waals surface area contributed by atoms with Crippen molar-refractivity contribution in [2.24, 2.45) is 0 Å². The van der Waals surface area contributed by atoms with E-state index in [1.165, 1.54) is 0 Å². The molecule has 0 atom stereocenters. The van der Waals surface area contributed by atoms with E-state index >= 15 is 0 Å². The van der Waals surface area contributed by atoms with Crippen molar-refractivity contribution in [3.8, 4) is 11.5 Å². The smallest absolute Gasteiger partial charge is 0.245 e. The molecule has 8 heteroatoms. The lowest BCUT2D eigenvalue weighted by Gasteiger charge is -2.24. The number of anilines is 2. The van der Waals surface area contributed by atoms with Gasteiger partial charge in [-0.1, -0.05) is 18.2 Å². The summed E-state index contributed by atoms with van der Waals surface area (Å²) in [5.41, 5.74) is 0.845. The van der Waals surface area contributed by atoms with Crippen molar-refractivity contribution in [2.75, 3.05) is 35.6 Å². The number of carbonyl (C=O) groups is 1. The van der Waals surface area contributed by atoms with Gasteiger partial charge in [-0.2, -0.15) is 0 Å². The van der Waals surface area contributed by atoms with Crippen molar-refractivity contribution in [3.63, 3.8) is 0 Å². The number of hydrogen-bond acceptors (Lipinski definition) is 5. The van der Waals surface area contributed by atoms with Crippen molar-refractivity contribution < 1.29 is 22.7 Å². The molecule has 0 fully saturated rings. The molecule has 0 radical (unpaired) electrons. The number of ether oxygens (including phenoxy) is 2. The van der Waals surface area contributed by atoms with Crippen LogP contribution in [-0.4, -0.2) is 40.3 Å². The van der Waals surface area contributed by atoms with E-state index in [0.29, 0.717) is 36.1 Å². The number of hydrogen-bond donors (Lipinski definition) is 1. The van der Waals surface area contributed by atoms with Gasteiger partial charge in [0.2, 0.25) is 15.9 Å². The summed E-state index contributed by atoms with van der Waals surface area (Å²) < 4.78 is 36.5. The summed E-state index contributed by atoms with van der Waals surface area (Å²) in [7, 11) is -3.70. The summed E-state index contributed by atoms with van der Waals surface area (Å²) in [5, 5.41) is 2.70. The first-order valence-electron chi connectivity index (χ1n) is 8.57. The molecule has 0 spiro atoms. The summed E-state index contributed by atoms with van der Waals surface area (Å²) in [5.74, 6) is 0.550. The van der Waals surface area contributed by atoms with Crippen LogP contribution in [0.2, 0.25) is 0 Å². The second-order valence-corrected chi connectivity index (χ2v) is 7.59. The van der Waals surface area contributed by atoms with E-state index in [9.17, 15) is 13.2 Å². The van der Waals surface area contributed by atoms with Crippen molar-refractivity contribution >= 4 is 27.3 Å². The molecule has 0 aliphatic rings. The van der Waals surface area contributed by atoms with Crippen LogP contribution in [0.25, 0.3) is 0 Å². The molecule has 0 aliphatic carbocycles. The number of amides is 1. The van der Waals surface area contributed by atoms with Crippen LogP contribution in [0.3, 0.4) is 0 Å². The third-order valence-electron chi connectivity index (χ3n) is 3.55. The van der Waals surface area contributed by atoms with Crippen molar-refractivity contribution in [1.82, 2.24) is 0 Å². The highest BCUT2D eigenvalue weighted by atomic mass is 32.2. The van der Waals surface area contributed by atoms with E-state index in [4.69, 9.17) is 9.47 Å². The van der Waals surface area contributed by atoms with E-state index in [1.54, 1.807) is 55.5 Å². The quantitative estimate of drug-likeness (QED) is 0.709. The first-order valence-corrected chi connectivity index (χ1v) is 10.4. The molecular weight excluding hydrogens is 368 g/mol. The monoisotopic (exact) mass is 392 g/mol. The van der Waals surface area contributed by atoms with Gasteiger partial charge in [-0.15, -0.1) is 0 Å².